The lowest BCUT2D eigenvalue weighted by atomic mass is 10.1. The van der Waals surface area contributed by atoms with E-state index in [2.05, 4.69) is 11.8 Å². The van der Waals surface area contributed by atoms with Crippen LogP contribution in [-0.4, -0.2) is 55.5 Å². The average Bonchev–Trinajstić information content (AvgIpc) is 2.41. The van der Waals surface area contributed by atoms with Crippen molar-refractivity contribution in [3.8, 4) is 5.75 Å². The lowest BCUT2D eigenvalue weighted by Gasteiger charge is -2.37. The van der Waals surface area contributed by atoms with Crippen LogP contribution in [0.25, 0.3) is 0 Å². The molecule has 0 bridgehead atoms. The van der Waals surface area contributed by atoms with E-state index in [-0.39, 0.29) is 11.5 Å². The van der Waals surface area contributed by atoms with Crippen LogP contribution in [0.4, 0.5) is 4.39 Å². The molecule has 1 atom stereocenters. The number of hydrogen-bond donors (Lipinski definition) is 0. The van der Waals surface area contributed by atoms with Gasteiger partial charge in [-0.05, 0) is 26.1 Å². The molecule has 1 aromatic rings. The highest BCUT2D eigenvalue weighted by Gasteiger charge is 2.26. The first kappa shape index (κ1) is 13.8. The fourth-order valence-corrected chi connectivity index (χ4v) is 2.20. The summed E-state index contributed by atoms with van der Waals surface area (Å²) < 4.78 is 18.8. The second-order valence-electron chi connectivity index (χ2n) is 4.93. The smallest absolute Gasteiger partial charge is 0.256 e. The van der Waals surface area contributed by atoms with Crippen LogP contribution in [0, 0.1) is 5.82 Å². The van der Waals surface area contributed by atoms with Crippen molar-refractivity contribution >= 4 is 5.91 Å². The highest BCUT2D eigenvalue weighted by molar-refractivity contribution is 5.94. The summed E-state index contributed by atoms with van der Waals surface area (Å²) in [6, 6.07) is 4.63. The van der Waals surface area contributed by atoms with Crippen LogP contribution in [0.15, 0.2) is 18.2 Å². The summed E-state index contributed by atoms with van der Waals surface area (Å²) in [5.41, 5.74) is 0.109. The van der Waals surface area contributed by atoms with Gasteiger partial charge in [-0.15, -0.1) is 0 Å². The van der Waals surface area contributed by atoms with Gasteiger partial charge in [0.15, 0.2) is 0 Å². The van der Waals surface area contributed by atoms with Crippen molar-refractivity contribution in [2.24, 2.45) is 0 Å². The number of likely N-dealkylation sites (N-methyl/N-ethyl adjacent to an activating group) is 1. The molecule has 1 saturated heterocycles. The van der Waals surface area contributed by atoms with Gasteiger partial charge in [-0.2, -0.15) is 0 Å². The zero-order valence-electron chi connectivity index (χ0n) is 11.5. The molecule has 2 rings (SSSR count). The molecule has 5 heteroatoms. The van der Waals surface area contributed by atoms with Crippen LogP contribution < -0.4 is 4.74 Å². The maximum Gasteiger partial charge on any atom is 0.256 e. The minimum Gasteiger partial charge on any atom is -0.497 e. The fraction of sp³-hybridized carbons (Fsp3) is 0.500. The van der Waals surface area contributed by atoms with E-state index in [4.69, 9.17) is 4.74 Å². The van der Waals surface area contributed by atoms with E-state index in [1.54, 1.807) is 11.0 Å². The van der Waals surface area contributed by atoms with Gasteiger partial charge in [-0.3, -0.25) is 4.79 Å². The molecule has 1 heterocycles. The monoisotopic (exact) mass is 266 g/mol. The Morgan fingerprint density at radius 3 is 2.74 bits per heavy atom. The molecule has 4 nitrogen and oxygen atoms in total. The molecule has 1 unspecified atom stereocenters. The SMILES string of the molecule is COc1ccc(C(=O)N2CCN(C)C(C)C2)c(F)c1. The number of hydrogen-bond acceptors (Lipinski definition) is 3. The Hall–Kier alpha value is -1.62. The first-order chi connectivity index (χ1) is 9.02. The van der Waals surface area contributed by atoms with Gasteiger partial charge in [0, 0.05) is 31.7 Å². The zero-order chi connectivity index (χ0) is 14.0. The van der Waals surface area contributed by atoms with Gasteiger partial charge in [0.05, 0.1) is 12.7 Å². The van der Waals surface area contributed by atoms with Gasteiger partial charge in [0.1, 0.15) is 11.6 Å². The minimum atomic E-state index is -0.532. The Balaban J connectivity index is 2.16. The minimum absolute atomic E-state index is 0.109. The van der Waals surface area contributed by atoms with E-state index >= 15 is 0 Å². The first-order valence-corrected chi connectivity index (χ1v) is 6.36. The van der Waals surface area contributed by atoms with Gasteiger partial charge < -0.3 is 14.5 Å². The van der Waals surface area contributed by atoms with E-state index < -0.39 is 5.82 Å². The van der Waals surface area contributed by atoms with Crippen molar-refractivity contribution in [1.29, 1.82) is 0 Å². The van der Waals surface area contributed by atoms with E-state index in [0.29, 0.717) is 24.9 Å². The van der Waals surface area contributed by atoms with Gasteiger partial charge in [-0.25, -0.2) is 4.39 Å². The lowest BCUT2D eigenvalue weighted by molar-refractivity contribution is 0.0568. The molecule has 0 saturated carbocycles. The summed E-state index contributed by atoms with van der Waals surface area (Å²) in [5.74, 6) is -0.364. The van der Waals surface area contributed by atoms with E-state index in [0.717, 1.165) is 6.54 Å². The van der Waals surface area contributed by atoms with Crippen molar-refractivity contribution in [2.45, 2.75) is 13.0 Å². The molecule has 0 radical (unpaired) electrons. The normalized spacial score (nSPS) is 20.4. The van der Waals surface area contributed by atoms with E-state index in [9.17, 15) is 9.18 Å². The quantitative estimate of drug-likeness (QED) is 0.815. The number of ether oxygens (including phenoxy) is 1. The van der Waals surface area contributed by atoms with Crippen LogP contribution in [0.1, 0.15) is 17.3 Å². The molecule has 0 N–H and O–H groups in total. The Kier molecular flexibility index (Phi) is 4.04. The summed E-state index contributed by atoms with van der Waals surface area (Å²) in [5, 5.41) is 0. The molecule has 1 amide bonds. The molecule has 1 aliphatic heterocycles. The second kappa shape index (κ2) is 5.57. The molecule has 1 aromatic carbocycles. The third kappa shape index (κ3) is 2.87. The van der Waals surface area contributed by atoms with Gasteiger partial charge >= 0.3 is 0 Å². The average molecular weight is 266 g/mol. The molecule has 1 aliphatic rings. The molecule has 19 heavy (non-hydrogen) atoms. The number of halogens is 1. The van der Waals surface area contributed by atoms with Crippen molar-refractivity contribution in [3.63, 3.8) is 0 Å². The highest BCUT2D eigenvalue weighted by atomic mass is 19.1. The maximum atomic E-state index is 13.9. The van der Waals surface area contributed by atoms with Crippen molar-refractivity contribution < 1.29 is 13.9 Å². The highest BCUT2D eigenvalue weighted by Crippen LogP contribution is 2.19. The molecule has 0 spiro atoms. The number of rotatable bonds is 2. The summed E-state index contributed by atoms with van der Waals surface area (Å²) in [7, 11) is 3.50. The van der Waals surface area contributed by atoms with Crippen LogP contribution >= 0.6 is 0 Å². The van der Waals surface area contributed by atoms with Crippen LogP contribution in [0.5, 0.6) is 5.75 Å². The predicted molar refractivity (Wildman–Crippen MR) is 70.9 cm³/mol. The Morgan fingerprint density at radius 1 is 1.42 bits per heavy atom. The Morgan fingerprint density at radius 2 is 2.16 bits per heavy atom. The van der Waals surface area contributed by atoms with Crippen molar-refractivity contribution in [3.05, 3.63) is 29.6 Å². The Bertz CT molecular complexity index is 479. The molecular formula is C14H19FN2O2. The topological polar surface area (TPSA) is 32.8 Å². The fourth-order valence-electron chi connectivity index (χ4n) is 2.20. The number of benzene rings is 1. The summed E-state index contributed by atoms with van der Waals surface area (Å²) in [4.78, 5) is 16.2. The van der Waals surface area contributed by atoms with Gasteiger partial charge in [-0.1, -0.05) is 0 Å². The summed E-state index contributed by atoms with van der Waals surface area (Å²) >= 11 is 0. The molecule has 104 valence electrons. The third-order valence-corrected chi connectivity index (χ3v) is 3.65. The lowest BCUT2D eigenvalue weighted by Crippen LogP contribution is -2.52. The number of amides is 1. The van der Waals surface area contributed by atoms with Crippen LogP contribution in [-0.2, 0) is 0 Å². The third-order valence-electron chi connectivity index (χ3n) is 3.65. The van der Waals surface area contributed by atoms with Crippen LogP contribution in [0.3, 0.4) is 0 Å². The zero-order valence-corrected chi connectivity index (χ0v) is 11.5. The van der Waals surface area contributed by atoms with Crippen molar-refractivity contribution in [2.75, 3.05) is 33.8 Å². The number of carbonyl (C=O) groups is 1. The predicted octanol–water partition coefficient (Wildman–Crippen LogP) is 1.61. The standard InChI is InChI=1S/C14H19FN2O2/c1-10-9-17(7-6-16(10)2)14(18)12-5-4-11(19-3)8-13(12)15/h4-5,8,10H,6-7,9H2,1-3H3. The maximum absolute atomic E-state index is 13.9. The summed E-state index contributed by atoms with van der Waals surface area (Å²) in [6.07, 6.45) is 0. The Labute approximate surface area is 112 Å². The van der Waals surface area contributed by atoms with Gasteiger partial charge in [0.2, 0.25) is 0 Å². The number of nitrogens with zero attached hydrogens (tertiary/aromatic N) is 2. The number of piperazine rings is 1. The molecular weight excluding hydrogens is 247 g/mol. The second-order valence-corrected chi connectivity index (χ2v) is 4.93. The van der Waals surface area contributed by atoms with E-state index in [1.165, 1.54) is 19.2 Å². The number of carbonyl (C=O) groups excluding carboxylic acids is 1. The molecule has 1 fully saturated rings. The molecule has 0 aliphatic carbocycles. The van der Waals surface area contributed by atoms with Crippen molar-refractivity contribution in [1.82, 2.24) is 9.80 Å². The van der Waals surface area contributed by atoms with Gasteiger partial charge in [0.25, 0.3) is 5.91 Å². The number of methoxy groups -OCH3 is 1. The van der Waals surface area contributed by atoms with E-state index in [1.807, 2.05) is 7.05 Å². The summed E-state index contributed by atoms with van der Waals surface area (Å²) in [6.45, 7) is 4.13. The van der Waals surface area contributed by atoms with Crippen LogP contribution in [0.2, 0.25) is 0 Å². The molecule has 0 aromatic heterocycles. The first-order valence-electron chi connectivity index (χ1n) is 6.36. The largest absolute Gasteiger partial charge is 0.497 e.